The van der Waals surface area contributed by atoms with E-state index in [1.165, 1.54) is 11.3 Å². The van der Waals surface area contributed by atoms with Crippen LogP contribution >= 0.6 is 0 Å². The number of carbonyl (C=O) groups excluding carboxylic acids is 1. The Balaban J connectivity index is 1.35. The average molecular weight is 392 g/mol. The Morgan fingerprint density at radius 1 is 1.14 bits per heavy atom. The molecule has 0 fully saturated rings. The lowest BCUT2D eigenvalue weighted by molar-refractivity contribution is -0.131. The third-order valence-electron chi connectivity index (χ3n) is 5.70. The Morgan fingerprint density at radius 2 is 2.00 bits per heavy atom. The first-order valence-electron chi connectivity index (χ1n) is 10.0. The molecule has 29 heavy (non-hydrogen) atoms. The van der Waals surface area contributed by atoms with Crippen molar-refractivity contribution in [2.75, 3.05) is 26.9 Å². The zero-order valence-corrected chi connectivity index (χ0v) is 16.5. The van der Waals surface area contributed by atoms with E-state index in [4.69, 9.17) is 14.2 Å². The molecular formula is C23H24N2O4. The van der Waals surface area contributed by atoms with E-state index in [0.29, 0.717) is 26.2 Å². The minimum atomic E-state index is 0.127. The number of rotatable bonds is 3. The van der Waals surface area contributed by atoms with Crippen LogP contribution < -0.4 is 14.2 Å². The molecule has 5 rings (SSSR count). The fraction of sp³-hybridized carbons (Fsp3) is 0.348. The van der Waals surface area contributed by atoms with Crippen LogP contribution in [0.3, 0.4) is 0 Å². The molecule has 0 atom stereocenters. The summed E-state index contributed by atoms with van der Waals surface area (Å²) < 4.78 is 16.8. The lowest BCUT2D eigenvalue weighted by atomic mass is 10.0. The monoisotopic (exact) mass is 392 g/mol. The highest BCUT2D eigenvalue weighted by atomic mass is 16.5. The molecule has 3 heterocycles. The van der Waals surface area contributed by atoms with Gasteiger partial charge in [-0.15, -0.1) is 0 Å². The molecule has 0 saturated carbocycles. The summed E-state index contributed by atoms with van der Waals surface area (Å²) >= 11 is 0. The molecule has 6 heteroatoms. The fourth-order valence-corrected chi connectivity index (χ4v) is 4.14. The van der Waals surface area contributed by atoms with Crippen molar-refractivity contribution in [2.45, 2.75) is 25.8 Å². The van der Waals surface area contributed by atoms with Crippen LogP contribution in [-0.2, 0) is 24.2 Å². The normalized spacial score (nSPS) is 15.7. The number of carbonyl (C=O) groups is 1. The quantitative estimate of drug-likeness (QED) is 0.741. The summed E-state index contributed by atoms with van der Waals surface area (Å²) in [7, 11) is 1.67. The number of H-pyrrole nitrogens is 1. The number of ether oxygens (including phenoxy) is 3. The minimum absolute atomic E-state index is 0.127. The smallest absolute Gasteiger partial charge is 0.227 e. The number of methoxy groups -OCH3 is 1. The summed E-state index contributed by atoms with van der Waals surface area (Å²) in [6, 6.07) is 11.8. The van der Waals surface area contributed by atoms with Gasteiger partial charge in [0, 0.05) is 48.1 Å². The molecule has 0 radical (unpaired) electrons. The first-order chi connectivity index (χ1) is 14.2. The van der Waals surface area contributed by atoms with Crippen molar-refractivity contribution >= 4 is 16.8 Å². The first kappa shape index (κ1) is 17.9. The molecule has 1 N–H and O–H groups in total. The van der Waals surface area contributed by atoms with Gasteiger partial charge in [0.2, 0.25) is 5.91 Å². The number of benzene rings is 2. The summed E-state index contributed by atoms with van der Waals surface area (Å²) in [6.45, 7) is 2.65. The molecular weight excluding hydrogens is 368 g/mol. The second kappa shape index (κ2) is 7.35. The molecule has 150 valence electrons. The second-order valence-electron chi connectivity index (χ2n) is 7.57. The van der Waals surface area contributed by atoms with Crippen molar-refractivity contribution in [2.24, 2.45) is 0 Å². The highest BCUT2D eigenvalue weighted by Crippen LogP contribution is 2.32. The maximum atomic E-state index is 13.0. The lowest BCUT2D eigenvalue weighted by Gasteiger charge is -2.27. The van der Waals surface area contributed by atoms with Crippen molar-refractivity contribution in [3.05, 3.63) is 53.2 Å². The van der Waals surface area contributed by atoms with Crippen molar-refractivity contribution in [3.63, 3.8) is 0 Å². The number of fused-ring (bicyclic) bond motifs is 4. The minimum Gasteiger partial charge on any atom is -0.497 e. The highest BCUT2D eigenvalue weighted by Gasteiger charge is 2.24. The van der Waals surface area contributed by atoms with Crippen LogP contribution in [0.5, 0.6) is 17.2 Å². The number of aromatic nitrogens is 1. The first-order valence-corrected chi connectivity index (χ1v) is 10.0. The molecule has 3 aromatic rings. The van der Waals surface area contributed by atoms with Gasteiger partial charge in [-0.25, -0.2) is 0 Å². The van der Waals surface area contributed by atoms with Gasteiger partial charge >= 0.3 is 0 Å². The van der Waals surface area contributed by atoms with Gasteiger partial charge in [0.05, 0.1) is 26.7 Å². The van der Waals surface area contributed by atoms with E-state index in [-0.39, 0.29) is 5.91 Å². The van der Waals surface area contributed by atoms with E-state index in [1.807, 2.05) is 41.3 Å². The largest absolute Gasteiger partial charge is 0.497 e. The summed E-state index contributed by atoms with van der Waals surface area (Å²) in [5, 5.41) is 1.13. The Bertz CT molecular complexity index is 1070. The summed E-state index contributed by atoms with van der Waals surface area (Å²) in [5.74, 6) is 2.45. The summed E-state index contributed by atoms with van der Waals surface area (Å²) in [5.41, 5.74) is 4.45. The Kier molecular flexibility index (Phi) is 4.54. The number of amides is 1. The van der Waals surface area contributed by atoms with Crippen LogP contribution in [0.25, 0.3) is 10.9 Å². The van der Waals surface area contributed by atoms with Gasteiger partial charge in [-0.05, 0) is 35.9 Å². The molecule has 2 aliphatic rings. The number of aromatic amines is 1. The van der Waals surface area contributed by atoms with Gasteiger partial charge < -0.3 is 24.1 Å². The SMILES string of the molecule is COc1ccc2[nH]c3c(c2c1)CN(C(=O)Cc1ccc2c(c1)OCCCO2)CC3. The van der Waals surface area contributed by atoms with Crippen LogP contribution in [0.15, 0.2) is 36.4 Å². The van der Waals surface area contributed by atoms with Crippen molar-refractivity contribution in [1.82, 2.24) is 9.88 Å². The Hall–Kier alpha value is -3.15. The van der Waals surface area contributed by atoms with Crippen molar-refractivity contribution in [1.29, 1.82) is 0 Å². The van der Waals surface area contributed by atoms with E-state index < -0.39 is 0 Å². The predicted octanol–water partition coefficient (Wildman–Crippen LogP) is 3.47. The van der Waals surface area contributed by atoms with E-state index >= 15 is 0 Å². The number of hydrogen-bond acceptors (Lipinski definition) is 4. The molecule has 0 bridgehead atoms. The molecule has 0 aliphatic carbocycles. The lowest BCUT2D eigenvalue weighted by Crippen LogP contribution is -2.36. The maximum Gasteiger partial charge on any atom is 0.227 e. The van der Waals surface area contributed by atoms with E-state index in [0.717, 1.165) is 53.1 Å². The molecule has 0 saturated heterocycles. The standard InChI is InChI=1S/C23H24N2O4/c1-27-16-4-5-19-17(13-16)18-14-25(8-7-20(18)24-19)23(26)12-15-3-6-21-22(11-15)29-10-2-9-28-21/h3-6,11,13,24H,2,7-10,12,14H2,1H3. The summed E-state index contributed by atoms with van der Waals surface area (Å²) in [4.78, 5) is 18.4. The van der Waals surface area contributed by atoms with E-state index in [9.17, 15) is 4.79 Å². The van der Waals surface area contributed by atoms with Gasteiger partial charge in [0.1, 0.15) is 5.75 Å². The van der Waals surface area contributed by atoms with Gasteiger partial charge in [-0.2, -0.15) is 0 Å². The molecule has 2 aromatic carbocycles. The topological polar surface area (TPSA) is 63.8 Å². The molecule has 0 unspecified atom stereocenters. The van der Waals surface area contributed by atoms with Crippen LogP contribution in [0.2, 0.25) is 0 Å². The van der Waals surface area contributed by atoms with Gasteiger partial charge in [-0.3, -0.25) is 4.79 Å². The number of hydrogen-bond donors (Lipinski definition) is 1. The van der Waals surface area contributed by atoms with Crippen molar-refractivity contribution in [3.8, 4) is 17.2 Å². The fourth-order valence-electron chi connectivity index (χ4n) is 4.14. The number of nitrogens with zero attached hydrogens (tertiary/aromatic N) is 1. The maximum absolute atomic E-state index is 13.0. The molecule has 1 aromatic heterocycles. The highest BCUT2D eigenvalue weighted by molar-refractivity contribution is 5.87. The van der Waals surface area contributed by atoms with Crippen molar-refractivity contribution < 1.29 is 19.0 Å². The average Bonchev–Trinajstić information content (AvgIpc) is 2.94. The van der Waals surface area contributed by atoms with E-state index in [1.54, 1.807) is 7.11 Å². The summed E-state index contributed by atoms with van der Waals surface area (Å²) in [6.07, 6.45) is 2.06. The third kappa shape index (κ3) is 3.39. The van der Waals surface area contributed by atoms with Crippen LogP contribution in [0, 0.1) is 0 Å². The number of nitrogens with one attached hydrogen (secondary N) is 1. The molecule has 1 amide bonds. The van der Waals surface area contributed by atoms with Crippen LogP contribution in [0.1, 0.15) is 23.2 Å². The molecule has 2 aliphatic heterocycles. The molecule has 6 nitrogen and oxygen atoms in total. The predicted molar refractivity (Wildman–Crippen MR) is 110 cm³/mol. The Labute approximate surface area is 169 Å². The van der Waals surface area contributed by atoms with Crippen LogP contribution in [-0.4, -0.2) is 42.7 Å². The van der Waals surface area contributed by atoms with Gasteiger partial charge in [0.25, 0.3) is 0 Å². The van der Waals surface area contributed by atoms with Gasteiger partial charge in [0.15, 0.2) is 11.5 Å². The third-order valence-corrected chi connectivity index (χ3v) is 5.70. The Morgan fingerprint density at radius 3 is 2.86 bits per heavy atom. The van der Waals surface area contributed by atoms with Crippen LogP contribution in [0.4, 0.5) is 0 Å². The zero-order chi connectivity index (χ0) is 19.8. The van der Waals surface area contributed by atoms with Gasteiger partial charge in [-0.1, -0.05) is 6.07 Å². The second-order valence-corrected chi connectivity index (χ2v) is 7.57. The molecule has 0 spiro atoms. The van der Waals surface area contributed by atoms with E-state index in [2.05, 4.69) is 4.98 Å². The zero-order valence-electron chi connectivity index (χ0n) is 16.5.